The minimum Gasteiger partial charge on any atom is -0.462 e. The van der Waals surface area contributed by atoms with Gasteiger partial charge in [-0.25, -0.2) is 0 Å². The smallest absolute Gasteiger partial charge is 0.462 e. The van der Waals surface area contributed by atoms with Crippen molar-refractivity contribution in [1.82, 2.24) is 5.32 Å². The quantitative estimate of drug-likeness (QED) is 0.531. The maximum Gasteiger partial charge on any atom is 0.482 e. The number of amides is 1. The number of rotatable bonds is 5. The minimum absolute atomic E-state index is 0.0849. The summed E-state index contributed by atoms with van der Waals surface area (Å²) >= 11 is 6.38. The number of halogens is 1. The van der Waals surface area contributed by atoms with Crippen LogP contribution in [0.2, 0.25) is 5.02 Å². The Hall–Kier alpha value is -1.50. The summed E-state index contributed by atoms with van der Waals surface area (Å²) in [4.78, 5) is 13.6. The molecule has 5 aliphatic carbocycles. The number of nitrogens with one attached hydrogen (secondary N) is 1. The molecular formula is C28H35BClNO4. The lowest BCUT2D eigenvalue weighted by molar-refractivity contribution is -0.199. The lowest BCUT2D eigenvalue weighted by atomic mass is 9.43. The minimum atomic E-state index is -0.466. The molecule has 1 aromatic heterocycles. The molecule has 0 spiro atoms. The van der Waals surface area contributed by atoms with E-state index >= 15 is 0 Å². The van der Waals surface area contributed by atoms with E-state index in [1.807, 2.05) is 18.2 Å². The first kappa shape index (κ1) is 22.7. The van der Waals surface area contributed by atoms with Crippen molar-refractivity contribution in [2.24, 2.45) is 35.0 Å². The molecule has 186 valence electrons. The Morgan fingerprint density at radius 2 is 2.06 bits per heavy atom. The van der Waals surface area contributed by atoms with E-state index in [1.165, 1.54) is 25.7 Å². The van der Waals surface area contributed by atoms with Crippen LogP contribution in [0.3, 0.4) is 0 Å². The third kappa shape index (κ3) is 3.32. The van der Waals surface area contributed by atoms with Crippen LogP contribution in [0.25, 0.3) is 11.0 Å². The zero-order valence-electron chi connectivity index (χ0n) is 20.9. The van der Waals surface area contributed by atoms with Crippen molar-refractivity contribution in [3.63, 3.8) is 0 Å². The molecule has 1 saturated heterocycles. The molecule has 2 heterocycles. The summed E-state index contributed by atoms with van der Waals surface area (Å²) in [5.41, 5.74) is 1.69. The van der Waals surface area contributed by atoms with Crippen LogP contribution in [0, 0.1) is 35.0 Å². The zero-order chi connectivity index (χ0) is 24.1. The van der Waals surface area contributed by atoms with Gasteiger partial charge in [0.2, 0.25) is 5.91 Å². The monoisotopic (exact) mass is 495 g/mol. The predicted molar refractivity (Wildman–Crippen MR) is 136 cm³/mol. The molecule has 2 unspecified atom stereocenters. The van der Waals surface area contributed by atoms with Crippen LogP contribution in [0.15, 0.2) is 28.9 Å². The fourth-order valence-corrected chi connectivity index (χ4v) is 8.83. The second kappa shape index (κ2) is 7.75. The normalized spacial score (nSPS) is 39.5. The van der Waals surface area contributed by atoms with Gasteiger partial charge >= 0.3 is 7.12 Å². The second-order valence-corrected chi connectivity index (χ2v) is 13.2. The molecule has 5 nitrogen and oxygen atoms in total. The maximum atomic E-state index is 13.6. The van der Waals surface area contributed by atoms with Gasteiger partial charge in [0.05, 0.1) is 28.9 Å². The fourth-order valence-electron chi connectivity index (χ4n) is 8.61. The van der Waals surface area contributed by atoms with Gasteiger partial charge in [-0.1, -0.05) is 44.0 Å². The summed E-state index contributed by atoms with van der Waals surface area (Å²) in [6.45, 7) is 6.99. The van der Waals surface area contributed by atoms with Crippen LogP contribution in [-0.2, 0) is 20.5 Å². The Morgan fingerprint density at radius 1 is 1.20 bits per heavy atom. The number of hydrogen-bond acceptors (Lipinski definition) is 4. The highest BCUT2D eigenvalue weighted by atomic mass is 35.5. The summed E-state index contributed by atoms with van der Waals surface area (Å²) in [7, 11) is -0.466. The van der Waals surface area contributed by atoms with Crippen LogP contribution in [-0.4, -0.2) is 30.7 Å². The van der Waals surface area contributed by atoms with Crippen LogP contribution in [0.4, 0.5) is 0 Å². The molecule has 2 aromatic rings. The molecule has 1 aliphatic heterocycles. The summed E-state index contributed by atoms with van der Waals surface area (Å²) in [6.07, 6.45) is 9.40. The first-order chi connectivity index (χ1) is 16.7. The largest absolute Gasteiger partial charge is 0.482 e. The number of carbonyl (C=O) groups is 1. The van der Waals surface area contributed by atoms with E-state index in [1.54, 1.807) is 6.26 Å². The second-order valence-electron chi connectivity index (χ2n) is 12.8. The van der Waals surface area contributed by atoms with E-state index in [0.29, 0.717) is 34.8 Å². The van der Waals surface area contributed by atoms with Crippen LogP contribution < -0.4 is 5.32 Å². The molecule has 8 rings (SSSR count). The standard InChI is InChI=1S/C28H35BClNO4/c1-27(2)18-12-22(27)28(3)23(13-18)34-29(35-28)24(31-26(32)20-10-15-7-8-16(20)9-15)11-17-14-33-25-19(17)5-4-6-21(25)30/h4-6,14-16,18,20,22-24H,7-13H2,1-3H3,(H,31,32)/t15-,16+,18?,20+,22?,23+,24-,28-/m0/s1. The van der Waals surface area contributed by atoms with E-state index < -0.39 is 7.12 Å². The highest BCUT2D eigenvalue weighted by Crippen LogP contribution is 2.65. The lowest BCUT2D eigenvalue weighted by Crippen LogP contribution is -2.65. The van der Waals surface area contributed by atoms with Gasteiger partial charge in [0, 0.05) is 11.3 Å². The summed E-state index contributed by atoms with van der Waals surface area (Å²) in [5.74, 6) is 2.46. The molecule has 1 aromatic carbocycles. The third-order valence-corrected chi connectivity index (χ3v) is 11.1. The van der Waals surface area contributed by atoms with Gasteiger partial charge in [-0.15, -0.1) is 0 Å². The summed E-state index contributed by atoms with van der Waals surface area (Å²) in [6, 6.07) is 5.82. The average molecular weight is 496 g/mol. The highest BCUT2D eigenvalue weighted by Gasteiger charge is 2.68. The predicted octanol–water partition coefficient (Wildman–Crippen LogP) is 5.82. The van der Waals surface area contributed by atoms with Crippen molar-refractivity contribution in [2.45, 2.75) is 83.4 Å². The molecule has 0 radical (unpaired) electrons. The molecule has 7 heteroatoms. The Balaban J connectivity index is 1.17. The fraction of sp³-hybridized carbons (Fsp3) is 0.679. The maximum absolute atomic E-state index is 13.6. The lowest BCUT2D eigenvalue weighted by Gasteiger charge is -2.64. The van der Waals surface area contributed by atoms with Crippen molar-refractivity contribution in [2.75, 3.05) is 0 Å². The SMILES string of the molecule is CC1(C)C2CC1[C@]1(C)OB([C@H](Cc3coc4c(Cl)cccc34)NC(=O)[C@@H]3C[C@H]4CC[C@@H]3C4)O[C@@H]1C2. The molecule has 6 aliphatic rings. The number of fused-ring (bicyclic) bond motifs is 3. The molecule has 6 fully saturated rings. The van der Waals surface area contributed by atoms with E-state index in [4.69, 9.17) is 25.3 Å². The number of hydrogen-bond donors (Lipinski definition) is 1. The van der Waals surface area contributed by atoms with E-state index in [9.17, 15) is 4.79 Å². The molecule has 1 N–H and O–H groups in total. The first-order valence-corrected chi connectivity index (χ1v) is 13.9. The van der Waals surface area contributed by atoms with Crippen LogP contribution >= 0.6 is 11.6 Å². The molecule has 5 saturated carbocycles. The molecule has 4 bridgehead atoms. The van der Waals surface area contributed by atoms with Crippen molar-refractivity contribution in [3.05, 3.63) is 35.0 Å². The van der Waals surface area contributed by atoms with E-state index in [0.717, 1.165) is 29.7 Å². The van der Waals surface area contributed by atoms with Gasteiger partial charge in [0.15, 0.2) is 5.58 Å². The van der Waals surface area contributed by atoms with Crippen molar-refractivity contribution in [1.29, 1.82) is 0 Å². The average Bonchev–Trinajstić information content (AvgIpc) is 3.60. The van der Waals surface area contributed by atoms with Gasteiger partial charge in [-0.05, 0) is 86.2 Å². The Morgan fingerprint density at radius 3 is 2.80 bits per heavy atom. The number of para-hydroxylation sites is 1. The first-order valence-electron chi connectivity index (χ1n) is 13.5. The van der Waals surface area contributed by atoms with E-state index in [2.05, 4.69) is 26.1 Å². The molecule has 35 heavy (non-hydrogen) atoms. The summed E-state index contributed by atoms with van der Waals surface area (Å²) in [5, 5.41) is 5.01. The summed E-state index contributed by atoms with van der Waals surface area (Å²) < 4.78 is 19.3. The van der Waals surface area contributed by atoms with Gasteiger partial charge in [0.1, 0.15) is 0 Å². The topological polar surface area (TPSA) is 60.7 Å². The number of benzene rings is 1. The van der Waals surface area contributed by atoms with Crippen molar-refractivity contribution >= 4 is 35.6 Å². The van der Waals surface area contributed by atoms with Gasteiger partial charge in [-0.2, -0.15) is 0 Å². The van der Waals surface area contributed by atoms with Gasteiger partial charge < -0.3 is 19.0 Å². The third-order valence-electron chi connectivity index (χ3n) is 10.8. The Bertz CT molecular complexity index is 1180. The molecular weight excluding hydrogens is 461 g/mol. The van der Waals surface area contributed by atoms with Crippen molar-refractivity contribution in [3.8, 4) is 0 Å². The van der Waals surface area contributed by atoms with E-state index in [-0.39, 0.29) is 34.9 Å². The van der Waals surface area contributed by atoms with Crippen molar-refractivity contribution < 1.29 is 18.5 Å². The Labute approximate surface area is 212 Å². The molecule has 1 amide bonds. The number of furan rings is 1. The number of carbonyl (C=O) groups excluding carboxylic acids is 1. The van der Waals surface area contributed by atoms with Gasteiger partial charge in [0.25, 0.3) is 0 Å². The van der Waals surface area contributed by atoms with Crippen LogP contribution in [0.5, 0.6) is 0 Å². The highest BCUT2D eigenvalue weighted by molar-refractivity contribution is 6.48. The van der Waals surface area contributed by atoms with Crippen LogP contribution in [0.1, 0.15) is 64.9 Å². The van der Waals surface area contributed by atoms with Gasteiger partial charge in [-0.3, -0.25) is 4.79 Å². The molecule has 8 atom stereocenters. The Kier molecular flexibility index (Phi) is 5.03. The zero-order valence-corrected chi connectivity index (χ0v) is 21.6.